The van der Waals surface area contributed by atoms with Crippen LogP contribution in [0.3, 0.4) is 0 Å². The summed E-state index contributed by atoms with van der Waals surface area (Å²) in [6, 6.07) is 5.39. The summed E-state index contributed by atoms with van der Waals surface area (Å²) in [4.78, 5) is 0. The fourth-order valence-corrected chi connectivity index (χ4v) is 2.12. The van der Waals surface area contributed by atoms with Crippen molar-refractivity contribution in [2.24, 2.45) is 5.92 Å². The zero-order valence-corrected chi connectivity index (χ0v) is 8.88. The van der Waals surface area contributed by atoms with E-state index in [0.29, 0.717) is 5.56 Å². The fourth-order valence-electron chi connectivity index (χ4n) is 2.12. The Hall–Kier alpha value is -1.03. The zero-order chi connectivity index (χ0) is 12.0. The molecule has 2 atom stereocenters. The number of aliphatic hydroxyl groups excluding tert-OH is 1. The lowest BCUT2D eigenvalue weighted by atomic mass is 9.94. The van der Waals surface area contributed by atoms with Crippen LogP contribution in [0.2, 0.25) is 0 Å². The van der Waals surface area contributed by atoms with Crippen molar-refractivity contribution in [3.63, 3.8) is 0 Å². The number of halogens is 3. The maximum Gasteiger partial charge on any atom is 0.416 e. The van der Waals surface area contributed by atoms with Crippen molar-refractivity contribution < 1.29 is 18.3 Å². The van der Waals surface area contributed by atoms with Gasteiger partial charge in [0.05, 0.1) is 5.56 Å². The second kappa shape index (κ2) is 3.48. The molecule has 0 heterocycles. The number of aliphatic hydroxyl groups is 1. The van der Waals surface area contributed by atoms with Gasteiger partial charge in [-0.3, -0.25) is 0 Å². The number of hydrogen-bond acceptors (Lipinski definition) is 1. The Balaban J connectivity index is 2.31. The molecule has 1 aromatic carbocycles. The molecule has 2 rings (SSSR count). The molecule has 88 valence electrons. The summed E-state index contributed by atoms with van der Waals surface area (Å²) in [5.74, 6) is 0.0935. The summed E-state index contributed by atoms with van der Waals surface area (Å²) in [6.45, 7) is 1.93. The number of rotatable bonds is 2. The van der Waals surface area contributed by atoms with Crippen molar-refractivity contribution in [3.05, 3.63) is 35.4 Å². The van der Waals surface area contributed by atoms with Gasteiger partial charge in [-0.1, -0.05) is 25.1 Å². The van der Waals surface area contributed by atoms with Crippen LogP contribution in [0.15, 0.2) is 24.3 Å². The third kappa shape index (κ3) is 1.82. The molecule has 0 amide bonds. The van der Waals surface area contributed by atoms with Crippen LogP contribution >= 0.6 is 0 Å². The van der Waals surface area contributed by atoms with Crippen molar-refractivity contribution in [1.29, 1.82) is 0 Å². The van der Waals surface area contributed by atoms with Gasteiger partial charge in [0.1, 0.15) is 0 Å². The molecule has 0 aromatic heterocycles. The maximum absolute atomic E-state index is 12.5. The van der Waals surface area contributed by atoms with Crippen LogP contribution in [0.5, 0.6) is 0 Å². The topological polar surface area (TPSA) is 20.2 Å². The van der Waals surface area contributed by atoms with Crippen molar-refractivity contribution in [1.82, 2.24) is 0 Å². The van der Waals surface area contributed by atoms with Crippen LogP contribution < -0.4 is 0 Å². The molecule has 1 aromatic rings. The van der Waals surface area contributed by atoms with E-state index in [9.17, 15) is 13.2 Å². The molecule has 1 nitrogen and oxygen atoms in total. The predicted octanol–water partition coefficient (Wildman–Crippen LogP) is 2.98. The highest BCUT2D eigenvalue weighted by Crippen LogP contribution is 2.54. The molecule has 0 spiro atoms. The molecule has 0 bridgehead atoms. The first-order valence-electron chi connectivity index (χ1n) is 5.16. The van der Waals surface area contributed by atoms with Gasteiger partial charge in [0.2, 0.25) is 0 Å². The molecule has 0 radical (unpaired) electrons. The SMILES string of the molecule is CC1(c2cccc(C(F)(F)F)c2)CC1CO. The Kier molecular flexibility index (Phi) is 2.49. The van der Waals surface area contributed by atoms with Gasteiger partial charge in [-0.25, -0.2) is 0 Å². The minimum Gasteiger partial charge on any atom is -0.396 e. The van der Waals surface area contributed by atoms with E-state index >= 15 is 0 Å². The summed E-state index contributed by atoms with van der Waals surface area (Å²) in [5.41, 5.74) is -0.230. The molecular formula is C12H13F3O. The van der Waals surface area contributed by atoms with E-state index in [2.05, 4.69) is 0 Å². The van der Waals surface area contributed by atoms with Crippen LogP contribution in [-0.4, -0.2) is 11.7 Å². The summed E-state index contributed by atoms with van der Waals surface area (Å²) in [5, 5.41) is 9.01. The third-order valence-electron chi connectivity index (χ3n) is 3.48. The summed E-state index contributed by atoms with van der Waals surface area (Å²) < 4.78 is 37.5. The second-order valence-corrected chi connectivity index (χ2v) is 4.58. The highest BCUT2D eigenvalue weighted by molar-refractivity contribution is 5.36. The lowest BCUT2D eigenvalue weighted by Crippen LogP contribution is -2.10. The van der Waals surface area contributed by atoms with Crippen molar-refractivity contribution in [2.45, 2.75) is 24.9 Å². The van der Waals surface area contributed by atoms with E-state index in [1.165, 1.54) is 12.1 Å². The standard InChI is InChI=1S/C12H13F3O/c1-11(6-10(11)7-16)8-3-2-4-9(5-8)12(13,14)15/h2-5,10,16H,6-7H2,1H3. The van der Waals surface area contributed by atoms with Crippen LogP contribution in [0.4, 0.5) is 13.2 Å². The molecule has 2 unspecified atom stereocenters. The summed E-state index contributed by atoms with van der Waals surface area (Å²) in [7, 11) is 0. The molecule has 0 saturated heterocycles. The minimum atomic E-state index is -4.30. The monoisotopic (exact) mass is 230 g/mol. The van der Waals surface area contributed by atoms with Crippen molar-refractivity contribution in [3.8, 4) is 0 Å². The lowest BCUT2D eigenvalue weighted by Gasteiger charge is -2.14. The predicted molar refractivity (Wildman–Crippen MR) is 54.0 cm³/mol. The van der Waals surface area contributed by atoms with Gasteiger partial charge in [0, 0.05) is 6.61 Å². The lowest BCUT2D eigenvalue weighted by molar-refractivity contribution is -0.137. The van der Waals surface area contributed by atoms with Crippen LogP contribution in [0.1, 0.15) is 24.5 Å². The third-order valence-corrected chi connectivity index (χ3v) is 3.48. The van der Waals surface area contributed by atoms with E-state index in [-0.39, 0.29) is 17.9 Å². The van der Waals surface area contributed by atoms with E-state index in [0.717, 1.165) is 12.5 Å². The molecule has 16 heavy (non-hydrogen) atoms. The van der Waals surface area contributed by atoms with E-state index in [1.54, 1.807) is 6.07 Å². The largest absolute Gasteiger partial charge is 0.416 e. The first kappa shape index (κ1) is 11.5. The highest BCUT2D eigenvalue weighted by atomic mass is 19.4. The Morgan fingerprint density at radius 1 is 1.44 bits per heavy atom. The second-order valence-electron chi connectivity index (χ2n) is 4.58. The maximum atomic E-state index is 12.5. The minimum absolute atomic E-state index is 0.0345. The smallest absolute Gasteiger partial charge is 0.396 e. The first-order chi connectivity index (χ1) is 7.38. The quantitative estimate of drug-likeness (QED) is 0.828. The fraction of sp³-hybridized carbons (Fsp3) is 0.500. The Bertz CT molecular complexity index is 399. The summed E-state index contributed by atoms with van der Waals surface area (Å²) >= 11 is 0. The van der Waals surface area contributed by atoms with Gasteiger partial charge < -0.3 is 5.11 Å². The number of benzene rings is 1. The highest BCUT2D eigenvalue weighted by Gasteiger charge is 2.51. The van der Waals surface area contributed by atoms with Crippen LogP contribution in [0, 0.1) is 5.92 Å². The van der Waals surface area contributed by atoms with E-state index < -0.39 is 11.7 Å². The molecule has 1 saturated carbocycles. The number of alkyl halides is 3. The number of hydrogen-bond donors (Lipinski definition) is 1. The average molecular weight is 230 g/mol. The van der Waals surface area contributed by atoms with Gasteiger partial charge in [0.15, 0.2) is 0 Å². The van der Waals surface area contributed by atoms with Gasteiger partial charge in [-0.2, -0.15) is 13.2 Å². The zero-order valence-electron chi connectivity index (χ0n) is 8.88. The van der Waals surface area contributed by atoms with E-state index in [1.807, 2.05) is 6.92 Å². The Labute approximate surface area is 91.9 Å². The molecule has 1 aliphatic carbocycles. The molecule has 4 heteroatoms. The normalized spacial score (nSPS) is 29.2. The van der Waals surface area contributed by atoms with Crippen molar-refractivity contribution in [2.75, 3.05) is 6.61 Å². The molecule has 0 aliphatic heterocycles. The van der Waals surface area contributed by atoms with Crippen LogP contribution in [-0.2, 0) is 11.6 Å². The van der Waals surface area contributed by atoms with Gasteiger partial charge in [-0.15, -0.1) is 0 Å². The van der Waals surface area contributed by atoms with E-state index in [4.69, 9.17) is 5.11 Å². The molecule has 1 N–H and O–H groups in total. The van der Waals surface area contributed by atoms with Gasteiger partial charge in [-0.05, 0) is 29.4 Å². The van der Waals surface area contributed by atoms with Crippen LogP contribution in [0.25, 0.3) is 0 Å². The van der Waals surface area contributed by atoms with Crippen molar-refractivity contribution >= 4 is 0 Å². The first-order valence-corrected chi connectivity index (χ1v) is 5.16. The van der Waals surface area contributed by atoms with Gasteiger partial charge >= 0.3 is 6.18 Å². The Morgan fingerprint density at radius 3 is 2.62 bits per heavy atom. The molecule has 1 aliphatic rings. The Morgan fingerprint density at radius 2 is 2.12 bits per heavy atom. The summed E-state index contributed by atoms with van der Waals surface area (Å²) in [6.07, 6.45) is -3.54. The molecular weight excluding hydrogens is 217 g/mol. The van der Waals surface area contributed by atoms with Gasteiger partial charge in [0.25, 0.3) is 0 Å². The molecule has 1 fully saturated rings. The average Bonchev–Trinajstić information content (AvgIpc) is 2.90.